The first-order chi connectivity index (χ1) is 10.4. The molecule has 0 aromatic carbocycles. The van der Waals surface area contributed by atoms with Crippen molar-refractivity contribution in [3.05, 3.63) is 29.2 Å². The molecular formula is C20H33NO2Y+. The van der Waals surface area contributed by atoms with E-state index in [0.29, 0.717) is 5.57 Å². The molecular weight excluding hydrogens is 375 g/mol. The third kappa shape index (κ3) is 7.31. The molecule has 1 heterocycles. The van der Waals surface area contributed by atoms with Crippen LogP contribution in [-0.4, -0.2) is 28.2 Å². The molecule has 3 nitrogen and oxygen atoms in total. The molecule has 1 rings (SSSR count). The molecule has 1 saturated heterocycles. The molecule has 0 atom stereocenters. The standard InChI is InChI=1S/C15H26NO.C5H7O.Y/c1-8-12(3)13(17)16-14(4,5)9-11(2)10-15(16,6)7;1-3-5(2)4-6;/h8H,9-10H2,1-7H3;3H,1-2H3;/q2*-1;+3/b12-8+;5-3+;. The SMILES string of the molecule is C/C=C(\C)C(=O)N1C(C)(C)C[C-](C)CC1(C)C.C/C=C(\C)[C-]=O.[Y+3]. The van der Waals surface area contributed by atoms with Crippen LogP contribution in [0.5, 0.6) is 0 Å². The molecule has 0 N–H and O–H groups in total. The van der Waals surface area contributed by atoms with E-state index in [1.807, 2.05) is 19.9 Å². The van der Waals surface area contributed by atoms with E-state index in [0.717, 1.165) is 18.4 Å². The number of nitrogens with zero attached hydrogens (tertiary/aromatic N) is 1. The Balaban J connectivity index is 0. The average Bonchev–Trinajstić information content (AvgIpc) is 2.42. The summed E-state index contributed by atoms with van der Waals surface area (Å²) in [5.41, 5.74) is 1.32. The first-order valence-electron chi connectivity index (χ1n) is 8.23. The minimum atomic E-state index is -0.0901. The normalized spacial score (nSPS) is 20.5. The number of piperidine rings is 1. The van der Waals surface area contributed by atoms with Gasteiger partial charge in [0.15, 0.2) is 0 Å². The number of hydrogen-bond donors (Lipinski definition) is 0. The van der Waals surface area contributed by atoms with Gasteiger partial charge in [0.1, 0.15) is 0 Å². The summed E-state index contributed by atoms with van der Waals surface area (Å²) in [5, 5.41) is 0. The van der Waals surface area contributed by atoms with E-state index in [1.54, 1.807) is 26.2 Å². The van der Waals surface area contributed by atoms with Gasteiger partial charge in [0.2, 0.25) is 5.91 Å². The second-order valence-electron chi connectivity index (χ2n) is 7.62. The van der Waals surface area contributed by atoms with Crippen molar-refractivity contribution in [1.82, 2.24) is 4.90 Å². The van der Waals surface area contributed by atoms with Crippen LogP contribution in [0.15, 0.2) is 23.3 Å². The van der Waals surface area contributed by atoms with Gasteiger partial charge in [0.05, 0.1) is 0 Å². The largest absolute Gasteiger partial charge is 3.00 e. The van der Waals surface area contributed by atoms with Crippen LogP contribution in [0.2, 0.25) is 0 Å². The van der Waals surface area contributed by atoms with Crippen LogP contribution in [0.25, 0.3) is 0 Å². The van der Waals surface area contributed by atoms with Gasteiger partial charge in [-0.1, -0.05) is 13.0 Å². The number of allylic oxidation sites excluding steroid dienone is 3. The van der Waals surface area contributed by atoms with E-state index in [9.17, 15) is 9.59 Å². The first-order valence-corrected chi connectivity index (χ1v) is 8.23. The van der Waals surface area contributed by atoms with Gasteiger partial charge in [-0.3, -0.25) is 4.79 Å². The summed E-state index contributed by atoms with van der Waals surface area (Å²) in [5.74, 6) is 1.66. The van der Waals surface area contributed by atoms with Gasteiger partial charge in [-0.15, -0.1) is 6.92 Å². The van der Waals surface area contributed by atoms with Crippen molar-refractivity contribution in [3.8, 4) is 0 Å². The predicted molar refractivity (Wildman–Crippen MR) is 97.7 cm³/mol. The summed E-state index contributed by atoms with van der Waals surface area (Å²) < 4.78 is 0. The molecule has 0 aromatic heterocycles. The summed E-state index contributed by atoms with van der Waals surface area (Å²) in [4.78, 5) is 24.1. The zero-order valence-electron chi connectivity index (χ0n) is 16.9. The van der Waals surface area contributed by atoms with Crippen molar-refractivity contribution in [1.29, 1.82) is 0 Å². The van der Waals surface area contributed by atoms with E-state index < -0.39 is 0 Å². The van der Waals surface area contributed by atoms with Crippen molar-refractivity contribution in [3.63, 3.8) is 0 Å². The smallest absolute Gasteiger partial charge is 0.419 e. The predicted octanol–water partition coefficient (Wildman–Crippen LogP) is 4.79. The molecule has 0 bridgehead atoms. The van der Waals surface area contributed by atoms with E-state index in [-0.39, 0.29) is 49.7 Å². The van der Waals surface area contributed by atoms with Crippen LogP contribution in [0, 0.1) is 5.92 Å². The zero-order valence-corrected chi connectivity index (χ0v) is 19.7. The number of carbonyl (C=O) groups excluding carboxylic acids is 2. The molecule has 0 saturated carbocycles. The van der Waals surface area contributed by atoms with Gasteiger partial charge in [0, 0.05) is 16.7 Å². The molecule has 1 fully saturated rings. The molecule has 1 aliphatic rings. The fraction of sp³-hybridized carbons (Fsp3) is 0.650. The van der Waals surface area contributed by atoms with Crippen LogP contribution < -0.4 is 0 Å². The number of amides is 1. The summed E-state index contributed by atoms with van der Waals surface area (Å²) >= 11 is 0. The Morgan fingerprint density at radius 1 is 1.04 bits per heavy atom. The second kappa shape index (κ2) is 10.7. The van der Waals surface area contributed by atoms with Crippen LogP contribution in [0.3, 0.4) is 0 Å². The fourth-order valence-corrected chi connectivity index (χ4v) is 3.43. The Hall–Kier alpha value is -0.276. The van der Waals surface area contributed by atoms with Crippen LogP contribution >= 0.6 is 0 Å². The van der Waals surface area contributed by atoms with E-state index in [4.69, 9.17) is 0 Å². The molecule has 0 spiro atoms. The van der Waals surface area contributed by atoms with Crippen LogP contribution in [0.1, 0.15) is 75.2 Å². The molecule has 24 heavy (non-hydrogen) atoms. The van der Waals surface area contributed by atoms with Gasteiger partial charge in [-0.05, 0) is 47.8 Å². The van der Waals surface area contributed by atoms with E-state index in [2.05, 4.69) is 39.5 Å². The van der Waals surface area contributed by atoms with Crippen molar-refractivity contribution >= 4 is 12.2 Å². The van der Waals surface area contributed by atoms with Crippen LogP contribution in [0.4, 0.5) is 0 Å². The Bertz CT molecular complexity index is 472. The van der Waals surface area contributed by atoms with Crippen molar-refractivity contribution < 1.29 is 42.3 Å². The summed E-state index contributed by atoms with van der Waals surface area (Å²) in [6.45, 7) is 18.2. The number of carbonyl (C=O) groups is 1. The Kier molecular flexibility index (Phi) is 11.5. The Morgan fingerprint density at radius 2 is 1.46 bits per heavy atom. The molecule has 0 radical (unpaired) electrons. The van der Waals surface area contributed by atoms with E-state index in [1.165, 1.54) is 5.92 Å². The molecule has 1 amide bonds. The van der Waals surface area contributed by atoms with Crippen LogP contribution in [-0.2, 0) is 42.3 Å². The minimum absolute atomic E-state index is 0. The van der Waals surface area contributed by atoms with Crippen molar-refractivity contribution in [2.75, 3.05) is 0 Å². The maximum Gasteiger partial charge on any atom is 3.00 e. The van der Waals surface area contributed by atoms with Gasteiger partial charge in [-0.25, -0.2) is 6.08 Å². The van der Waals surface area contributed by atoms with Gasteiger partial charge in [0.25, 0.3) is 0 Å². The van der Waals surface area contributed by atoms with Crippen molar-refractivity contribution in [2.45, 2.75) is 86.2 Å². The summed E-state index contributed by atoms with van der Waals surface area (Å²) in [6.07, 6.45) is 7.34. The second-order valence-corrected chi connectivity index (χ2v) is 7.62. The monoisotopic (exact) mass is 408 g/mol. The third-order valence-electron chi connectivity index (χ3n) is 4.25. The van der Waals surface area contributed by atoms with Gasteiger partial charge < -0.3 is 15.6 Å². The first kappa shape index (κ1) is 26.0. The number of likely N-dealkylation sites (tertiary alicyclic amines) is 1. The topological polar surface area (TPSA) is 37.4 Å². The van der Waals surface area contributed by atoms with Gasteiger partial charge in [-0.2, -0.15) is 25.3 Å². The maximum absolute atomic E-state index is 12.5. The maximum atomic E-state index is 12.5. The quantitative estimate of drug-likeness (QED) is 0.487. The molecule has 132 valence electrons. The summed E-state index contributed by atoms with van der Waals surface area (Å²) in [7, 11) is 0. The van der Waals surface area contributed by atoms with E-state index >= 15 is 0 Å². The van der Waals surface area contributed by atoms with Crippen molar-refractivity contribution in [2.24, 2.45) is 0 Å². The van der Waals surface area contributed by atoms with Gasteiger partial charge >= 0.3 is 32.7 Å². The molecule has 1 aliphatic heterocycles. The average molecular weight is 408 g/mol. The summed E-state index contributed by atoms with van der Waals surface area (Å²) in [6, 6.07) is 0. The molecule has 4 heteroatoms. The molecule has 0 aliphatic carbocycles. The fourth-order valence-electron chi connectivity index (χ4n) is 3.43. The number of hydrogen-bond acceptors (Lipinski definition) is 2. The Labute approximate surface area is 174 Å². The molecule has 0 aromatic rings. The zero-order chi connectivity index (χ0) is 18.4. The Morgan fingerprint density at radius 3 is 1.71 bits per heavy atom. The minimum Gasteiger partial charge on any atom is -0.419 e. The number of rotatable bonds is 2. The molecule has 0 unspecified atom stereocenters. The third-order valence-corrected chi connectivity index (χ3v) is 4.25.